The normalized spacial score (nSPS) is 11.6. The van der Waals surface area contributed by atoms with E-state index in [-0.39, 0.29) is 17.4 Å². The highest BCUT2D eigenvalue weighted by Crippen LogP contribution is 2.24. The summed E-state index contributed by atoms with van der Waals surface area (Å²) >= 11 is 0. The van der Waals surface area contributed by atoms with Gasteiger partial charge in [0.25, 0.3) is 0 Å². The second-order valence-corrected chi connectivity index (χ2v) is 3.77. The number of ether oxygens (including phenoxy) is 1. The van der Waals surface area contributed by atoms with Gasteiger partial charge in [0.2, 0.25) is 0 Å². The fraction of sp³-hybridized carbons (Fsp3) is 0.143. The molecule has 1 unspecified atom stereocenters. The van der Waals surface area contributed by atoms with Crippen molar-refractivity contribution in [2.45, 2.75) is 13.0 Å². The van der Waals surface area contributed by atoms with Crippen LogP contribution in [0.2, 0.25) is 0 Å². The Morgan fingerprint density at radius 2 is 2.17 bits per heavy atom. The van der Waals surface area contributed by atoms with Crippen LogP contribution in [0.15, 0.2) is 42.6 Å². The molecule has 0 amide bonds. The third-order valence-electron chi connectivity index (χ3n) is 2.47. The molecule has 1 aromatic heterocycles. The summed E-state index contributed by atoms with van der Waals surface area (Å²) in [5.41, 5.74) is 0.992. The Bertz CT molecular complexity index is 578. The highest BCUT2D eigenvalue weighted by molar-refractivity contribution is 5.36. The number of hydrogen-bond acceptors (Lipinski definition) is 3. The van der Waals surface area contributed by atoms with Gasteiger partial charge in [-0.15, -0.1) is 0 Å². The van der Waals surface area contributed by atoms with Gasteiger partial charge < -0.3 is 4.74 Å². The molecule has 0 spiro atoms. The van der Waals surface area contributed by atoms with Crippen LogP contribution in [-0.4, -0.2) is 4.98 Å². The molecular weight excluding hydrogens is 231 g/mol. The van der Waals surface area contributed by atoms with Crippen LogP contribution in [0, 0.1) is 17.1 Å². The van der Waals surface area contributed by atoms with E-state index in [1.807, 2.05) is 18.2 Å². The first-order valence-electron chi connectivity index (χ1n) is 5.48. The summed E-state index contributed by atoms with van der Waals surface area (Å²) < 4.78 is 19.1. The number of rotatable bonds is 3. The first-order valence-corrected chi connectivity index (χ1v) is 5.48. The lowest BCUT2D eigenvalue weighted by Crippen LogP contribution is -2.06. The molecule has 90 valence electrons. The number of pyridine rings is 1. The molecule has 0 aliphatic rings. The molecule has 3 nitrogen and oxygen atoms in total. The quantitative estimate of drug-likeness (QED) is 0.830. The van der Waals surface area contributed by atoms with E-state index in [1.54, 1.807) is 19.2 Å². The highest BCUT2D eigenvalue weighted by Gasteiger charge is 2.11. The highest BCUT2D eigenvalue weighted by atomic mass is 19.1. The minimum Gasteiger partial charge on any atom is -0.481 e. The zero-order valence-electron chi connectivity index (χ0n) is 9.80. The number of benzene rings is 1. The molecule has 1 aromatic carbocycles. The summed E-state index contributed by atoms with van der Waals surface area (Å²) in [5.74, 6) is -0.427. The molecule has 4 heteroatoms. The largest absolute Gasteiger partial charge is 0.481 e. The fourth-order valence-electron chi connectivity index (χ4n) is 1.53. The predicted molar refractivity (Wildman–Crippen MR) is 64.4 cm³/mol. The van der Waals surface area contributed by atoms with Gasteiger partial charge in [-0.1, -0.05) is 6.07 Å². The average Bonchev–Trinajstić information content (AvgIpc) is 2.42. The Balaban J connectivity index is 2.18. The zero-order chi connectivity index (χ0) is 13.0. The SMILES string of the molecule is CC(Oc1ccc(C#N)cc1F)c1ccccn1. The molecule has 2 aromatic rings. The van der Waals surface area contributed by atoms with Crippen LogP contribution < -0.4 is 4.74 Å². The third-order valence-corrected chi connectivity index (χ3v) is 2.47. The minimum atomic E-state index is -0.545. The van der Waals surface area contributed by atoms with Gasteiger partial charge in [-0.25, -0.2) is 4.39 Å². The second-order valence-electron chi connectivity index (χ2n) is 3.77. The van der Waals surface area contributed by atoms with Crippen molar-refractivity contribution in [1.29, 1.82) is 5.26 Å². The van der Waals surface area contributed by atoms with Crippen molar-refractivity contribution in [2.24, 2.45) is 0 Å². The molecule has 0 radical (unpaired) electrons. The van der Waals surface area contributed by atoms with Crippen LogP contribution in [-0.2, 0) is 0 Å². The summed E-state index contributed by atoms with van der Waals surface area (Å²) in [6.45, 7) is 1.79. The first kappa shape index (κ1) is 12.1. The Morgan fingerprint density at radius 3 is 2.78 bits per heavy atom. The summed E-state index contributed by atoms with van der Waals surface area (Å²) in [7, 11) is 0. The number of halogens is 1. The molecule has 0 fully saturated rings. The van der Waals surface area contributed by atoms with Crippen LogP contribution in [0.25, 0.3) is 0 Å². The van der Waals surface area contributed by atoms with E-state index in [2.05, 4.69) is 4.98 Å². The van der Waals surface area contributed by atoms with E-state index < -0.39 is 5.82 Å². The Kier molecular flexibility index (Phi) is 3.54. The lowest BCUT2D eigenvalue weighted by molar-refractivity contribution is 0.211. The molecule has 1 atom stereocenters. The van der Waals surface area contributed by atoms with Crippen molar-refractivity contribution in [1.82, 2.24) is 4.98 Å². The van der Waals surface area contributed by atoms with Gasteiger partial charge in [-0.05, 0) is 37.3 Å². The van der Waals surface area contributed by atoms with Crippen LogP contribution >= 0.6 is 0 Å². The maximum Gasteiger partial charge on any atom is 0.166 e. The number of nitrogens with zero attached hydrogens (tertiary/aromatic N) is 2. The summed E-state index contributed by atoms with van der Waals surface area (Å²) in [4.78, 5) is 4.14. The molecule has 18 heavy (non-hydrogen) atoms. The minimum absolute atomic E-state index is 0.118. The van der Waals surface area contributed by atoms with Gasteiger partial charge in [-0.3, -0.25) is 4.98 Å². The van der Waals surface area contributed by atoms with Gasteiger partial charge in [-0.2, -0.15) is 5.26 Å². The number of nitriles is 1. The van der Waals surface area contributed by atoms with Crippen LogP contribution in [0.4, 0.5) is 4.39 Å². The lowest BCUT2D eigenvalue weighted by atomic mass is 10.2. The average molecular weight is 242 g/mol. The van der Waals surface area contributed by atoms with Crippen molar-refractivity contribution in [3.05, 3.63) is 59.7 Å². The van der Waals surface area contributed by atoms with E-state index >= 15 is 0 Å². The molecule has 0 saturated heterocycles. The summed E-state index contributed by atoms with van der Waals surface area (Å²) in [6.07, 6.45) is 1.30. The number of aromatic nitrogens is 1. The molecule has 0 N–H and O–H groups in total. The number of hydrogen-bond donors (Lipinski definition) is 0. The topological polar surface area (TPSA) is 45.9 Å². The van der Waals surface area contributed by atoms with Crippen molar-refractivity contribution in [2.75, 3.05) is 0 Å². The van der Waals surface area contributed by atoms with E-state index in [0.29, 0.717) is 0 Å². The van der Waals surface area contributed by atoms with Crippen molar-refractivity contribution in [3.8, 4) is 11.8 Å². The van der Waals surface area contributed by atoms with E-state index in [0.717, 1.165) is 11.8 Å². The Morgan fingerprint density at radius 1 is 1.33 bits per heavy atom. The van der Waals surface area contributed by atoms with E-state index in [9.17, 15) is 4.39 Å². The molecule has 0 aliphatic heterocycles. The van der Waals surface area contributed by atoms with Crippen molar-refractivity contribution >= 4 is 0 Å². The van der Waals surface area contributed by atoms with Gasteiger partial charge in [0.15, 0.2) is 11.6 Å². The standard InChI is InChI=1S/C14H11FN2O/c1-10(13-4-2-3-7-17-13)18-14-6-5-11(9-16)8-12(14)15/h2-8,10H,1H3. The molecular formula is C14H11FN2O. The van der Waals surface area contributed by atoms with Crippen LogP contribution in [0.5, 0.6) is 5.75 Å². The Labute approximate surface area is 104 Å². The van der Waals surface area contributed by atoms with Gasteiger partial charge >= 0.3 is 0 Å². The van der Waals surface area contributed by atoms with Gasteiger partial charge in [0.05, 0.1) is 17.3 Å². The fourth-order valence-corrected chi connectivity index (χ4v) is 1.53. The summed E-state index contributed by atoms with van der Waals surface area (Å²) in [6, 6.07) is 11.5. The zero-order valence-corrected chi connectivity index (χ0v) is 9.80. The van der Waals surface area contributed by atoms with Gasteiger partial charge in [0.1, 0.15) is 6.10 Å². The maximum atomic E-state index is 13.6. The van der Waals surface area contributed by atoms with Gasteiger partial charge in [0, 0.05) is 6.20 Å². The second kappa shape index (κ2) is 5.28. The lowest BCUT2D eigenvalue weighted by Gasteiger charge is -2.14. The summed E-state index contributed by atoms with van der Waals surface area (Å²) in [5, 5.41) is 8.65. The van der Waals surface area contributed by atoms with E-state index in [4.69, 9.17) is 10.00 Å². The molecule has 0 saturated carbocycles. The first-order chi connectivity index (χ1) is 8.70. The smallest absolute Gasteiger partial charge is 0.166 e. The monoisotopic (exact) mass is 242 g/mol. The van der Waals surface area contributed by atoms with Crippen molar-refractivity contribution < 1.29 is 9.13 Å². The molecule has 0 bridgehead atoms. The molecule has 0 aliphatic carbocycles. The molecule has 1 heterocycles. The predicted octanol–water partition coefficient (Wildman–Crippen LogP) is 3.23. The van der Waals surface area contributed by atoms with Crippen LogP contribution in [0.3, 0.4) is 0 Å². The van der Waals surface area contributed by atoms with Crippen LogP contribution in [0.1, 0.15) is 24.3 Å². The third kappa shape index (κ3) is 2.64. The molecule has 2 rings (SSSR count). The maximum absolute atomic E-state index is 13.6. The Hall–Kier alpha value is -2.41. The van der Waals surface area contributed by atoms with E-state index in [1.165, 1.54) is 12.1 Å². The van der Waals surface area contributed by atoms with Crippen molar-refractivity contribution in [3.63, 3.8) is 0 Å².